The average molecular weight is 280 g/mol. The fourth-order valence-corrected chi connectivity index (χ4v) is 2.37. The molecular weight excluding hydrogens is 266 g/mol. The molecule has 0 aliphatic heterocycles. The SMILES string of the molecule is CCc1cc(Br)cc2cc(C)c(NN)nc12. The predicted molar refractivity (Wildman–Crippen MR) is 71.4 cm³/mol. The molecule has 0 saturated heterocycles. The summed E-state index contributed by atoms with van der Waals surface area (Å²) in [5.41, 5.74) is 5.92. The Hall–Kier alpha value is -1.13. The molecule has 2 rings (SSSR count). The van der Waals surface area contributed by atoms with E-state index in [2.05, 4.69) is 51.5 Å². The molecule has 0 aliphatic carbocycles. The van der Waals surface area contributed by atoms with Gasteiger partial charge >= 0.3 is 0 Å². The molecule has 1 aromatic carbocycles. The van der Waals surface area contributed by atoms with Crippen molar-refractivity contribution in [1.29, 1.82) is 0 Å². The monoisotopic (exact) mass is 279 g/mol. The van der Waals surface area contributed by atoms with Crippen LogP contribution in [-0.4, -0.2) is 4.98 Å². The van der Waals surface area contributed by atoms with Gasteiger partial charge in [-0.15, -0.1) is 0 Å². The third kappa shape index (κ3) is 1.90. The highest BCUT2D eigenvalue weighted by Gasteiger charge is 2.06. The number of hydrogen-bond acceptors (Lipinski definition) is 3. The van der Waals surface area contributed by atoms with Crippen LogP contribution >= 0.6 is 15.9 Å². The summed E-state index contributed by atoms with van der Waals surface area (Å²) in [4.78, 5) is 4.55. The summed E-state index contributed by atoms with van der Waals surface area (Å²) in [5, 5.41) is 1.14. The van der Waals surface area contributed by atoms with Gasteiger partial charge in [0.15, 0.2) is 0 Å². The molecule has 2 aromatic rings. The van der Waals surface area contributed by atoms with Crippen molar-refractivity contribution < 1.29 is 0 Å². The highest BCUT2D eigenvalue weighted by molar-refractivity contribution is 9.10. The molecule has 3 N–H and O–H groups in total. The predicted octanol–water partition coefficient (Wildman–Crippen LogP) is 3.15. The number of fused-ring (bicyclic) bond motifs is 1. The second-order valence-corrected chi connectivity index (χ2v) is 4.70. The summed E-state index contributed by atoms with van der Waals surface area (Å²) in [6.45, 7) is 4.12. The van der Waals surface area contributed by atoms with Gasteiger partial charge in [-0.2, -0.15) is 0 Å². The summed E-state index contributed by atoms with van der Waals surface area (Å²) in [6.07, 6.45) is 0.954. The quantitative estimate of drug-likeness (QED) is 0.656. The maximum absolute atomic E-state index is 5.44. The number of nitrogen functional groups attached to an aromatic ring is 1. The highest BCUT2D eigenvalue weighted by Crippen LogP contribution is 2.26. The van der Waals surface area contributed by atoms with E-state index in [1.54, 1.807) is 0 Å². The number of nitrogens with two attached hydrogens (primary N) is 1. The summed E-state index contributed by atoms with van der Waals surface area (Å²) < 4.78 is 1.09. The molecule has 0 bridgehead atoms. The maximum Gasteiger partial charge on any atom is 0.143 e. The number of pyridine rings is 1. The van der Waals surface area contributed by atoms with Crippen molar-refractivity contribution in [3.63, 3.8) is 0 Å². The Morgan fingerprint density at radius 2 is 2.12 bits per heavy atom. The first-order valence-corrected chi connectivity index (χ1v) is 6.01. The van der Waals surface area contributed by atoms with Gasteiger partial charge in [0.05, 0.1) is 5.52 Å². The van der Waals surface area contributed by atoms with Crippen molar-refractivity contribution in [3.8, 4) is 0 Å². The Balaban J connectivity index is 2.79. The van der Waals surface area contributed by atoms with Gasteiger partial charge < -0.3 is 5.43 Å². The minimum atomic E-state index is 0.740. The van der Waals surface area contributed by atoms with E-state index in [9.17, 15) is 0 Å². The van der Waals surface area contributed by atoms with Gasteiger partial charge in [0.25, 0.3) is 0 Å². The Kier molecular flexibility index (Phi) is 3.12. The molecule has 0 radical (unpaired) electrons. The standard InChI is InChI=1S/C12H14BrN3/c1-3-8-5-10(13)6-9-4-7(2)12(16-14)15-11(8)9/h4-6H,3,14H2,1-2H3,(H,15,16). The van der Waals surface area contributed by atoms with E-state index in [-0.39, 0.29) is 0 Å². The lowest BCUT2D eigenvalue weighted by Crippen LogP contribution is -2.10. The van der Waals surface area contributed by atoms with Crippen LogP contribution in [0.2, 0.25) is 0 Å². The van der Waals surface area contributed by atoms with Crippen LogP contribution in [-0.2, 0) is 6.42 Å². The summed E-state index contributed by atoms with van der Waals surface area (Å²) in [5.74, 6) is 6.18. The van der Waals surface area contributed by atoms with Crippen molar-refractivity contribution in [2.45, 2.75) is 20.3 Å². The van der Waals surface area contributed by atoms with Crippen LogP contribution < -0.4 is 11.3 Å². The lowest BCUT2D eigenvalue weighted by molar-refractivity contribution is 1.13. The van der Waals surface area contributed by atoms with Crippen molar-refractivity contribution in [2.75, 3.05) is 5.43 Å². The van der Waals surface area contributed by atoms with E-state index < -0.39 is 0 Å². The van der Waals surface area contributed by atoms with E-state index in [0.717, 1.165) is 33.2 Å². The number of halogens is 1. The Bertz CT molecular complexity index is 537. The number of rotatable bonds is 2. The molecule has 16 heavy (non-hydrogen) atoms. The first-order chi connectivity index (χ1) is 7.65. The normalized spacial score (nSPS) is 10.8. The molecule has 0 aliphatic rings. The summed E-state index contributed by atoms with van der Waals surface area (Å²) in [7, 11) is 0. The molecular formula is C12H14BrN3. The molecule has 0 unspecified atom stereocenters. The summed E-state index contributed by atoms with van der Waals surface area (Å²) in [6, 6.07) is 6.28. The minimum absolute atomic E-state index is 0.740. The Labute approximate surface area is 103 Å². The van der Waals surface area contributed by atoms with Gasteiger partial charge in [0, 0.05) is 9.86 Å². The van der Waals surface area contributed by atoms with Crippen LogP contribution in [0, 0.1) is 6.92 Å². The van der Waals surface area contributed by atoms with Gasteiger partial charge in [-0.1, -0.05) is 22.9 Å². The van der Waals surface area contributed by atoms with E-state index in [0.29, 0.717) is 0 Å². The number of benzene rings is 1. The Morgan fingerprint density at radius 1 is 1.38 bits per heavy atom. The zero-order valence-corrected chi connectivity index (χ0v) is 10.9. The topological polar surface area (TPSA) is 50.9 Å². The molecule has 0 fully saturated rings. The van der Waals surface area contributed by atoms with E-state index in [1.165, 1.54) is 5.56 Å². The van der Waals surface area contributed by atoms with Gasteiger partial charge in [-0.25, -0.2) is 10.8 Å². The minimum Gasteiger partial charge on any atom is -0.308 e. The zero-order valence-electron chi connectivity index (χ0n) is 9.34. The van der Waals surface area contributed by atoms with Crippen LogP contribution in [0.3, 0.4) is 0 Å². The number of nitrogens with one attached hydrogen (secondary N) is 1. The third-order valence-corrected chi connectivity index (χ3v) is 3.13. The Morgan fingerprint density at radius 3 is 2.75 bits per heavy atom. The second kappa shape index (κ2) is 4.39. The average Bonchev–Trinajstić information content (AvgIpc) is 2.26. The molecule has 4 heteroatoms. The number of hydrazine groups is 1. The van der Waals surface area contributed by atoms with Crippen LogP contribution in [0.4, 0.5) is 5.82 Å². The fourth-order valence-electron chi connectivity index (χ4n) is 1.84. The third-order valence-electron chi connectivity index (χ3n) is 2.67. The fraction of sp³-hybridized carbons (Fsp3) is 0.250. The molecule has 0 atom stereocenters. The van der Waals surface area contributed by atoms with Gasteiger partial charge in [0.2, 0.25) is 0 Å². The number of nitrogens with zero attached hydrogens (tertiary/aromatic N) is 1. The number of aromatic nitrogens is 1. The smallest absolute Gasteiger partial charge is 0.143 e. The lowest BCUT2D eigenvalue weighted by Gasteiger charge is -2.09. The second-order valence-electron chi connectivity index (χ2n) is 3.79. The van der Waals surface area contributed by atoms with E-state index in [4.69, 9.17) is 5.84 Å². The van der Waals surface area contributed by atoms with Gasteiger partial charge in [0.1, 0.15) is 5.82 Å². The van der Waals surface area contributed by atoms with Crippen LogP contribution in [0.15, 0.2) is 22.7 Å². The van der Waals surface area contributed by atoms with E-state index >= 15 is 0 Å². The van der Waals surface area contributed by atoms with Crippen LogP contribution in [0.1, 0.15) is 18.1 Å². The number of anilines is 1. The van der Waals surface area contributed by atoms with Crippen LogP contribution in [0.5, 0.6) is 0 Å². The van der Waals surface area contributed by atoms with Crippen molar-refractivity contribution in [2.24, 2.45) is 5.84 Å². The largest absolute Gasteiger partial charge is 0.308 e. The maximum atomic E-state index is 5.44. The molecule has 3 nitrogen and oxygen atoms in total. The van der Waals surface area contributed by atoms with Crippen molar-refractivity contribution in [3.05, 3.63) is 33.8 Å². The van der Waals surface area contributed by atoms with Gasteiger partial charge in [-0.3, -0.25) is 0 Å². The van der Waals surface area contributed by atoms with E-state index in [1.807, 2.05) is 6.92 Å². The molecule has 0 saturated carbocycles. The van der Waals surface area contributed by atoms with Gasteiger partial charge in [-0.05, 0) is 42.7 Å². The first-order valence-electron chi connectivity index (χ1n) is 5.22. The molecule has 0 spiro atoms. The molecule has 1 aromatic heterocycles. The number of aryl methyl sites for hydroxylation is 2. The van der Waals surface area contributed by atoms with Crippen LogP contribution in [0.25, 0.3) is 10.9 Å². The molecule has 1 heterocycles. The van der Waals surface area contributed by atoms with Crippen molar-refractivity contribution in [1.82, 2.24) is 4.98 Å². The molecule has 84 valence electrons. The summed E-state index contributed by atoms with van der Waals surface area (Å²) >= 11 is 3.52. The lowest BCUT2D eigenvalue weighted by atomic mass is 10.1. The van der Waals surface area contributed by atoms with Crippen molar-refractivity contribution >= 4 is 32.7 Å². The number of hydrogen-bond donors (Lipinski definition) is 2. The first kappa shape index (κ1) is 11.4. The highest BCUT2D eigenvalue weighted by atomic mass is 79.9. The molecule has 0 amide bonds. The zero-order chi connectivity index (χ0) is 11.7.